The maximum absolute atomic E-state index is 13.4. The maximum atomic E-state index is 13.4. The molecule has 2 N–H and O–H groups in total. The van der Waals surface area contributed by atoms with Gasteiger partial charge in [0.25, 0.3) is 0 Å². The molecular formula is C78H64FN9O6S. The number of carbonyl (C=O) groups excluding carboxylic acids is 1. The highest BCUT2D eigenvalue weighted by Gasteiger charge is 2.21. The number of halogens is 1. The van der Waals surface area contributed by atoms with Crippen molar-refractivity contribution in [3.8, 4) is 91.4 Å². The molecule has 15 nitrogen and oxygen atoms in total. The molecule has 0 spiro atoms. The average Bonchev–Trinajstić information content (AvgIpc) is 1.64. The third kappa shape index (κ3) is 13.5. The number of aryl methyl sites for hydroxylation is 3. The molecule has 0 fully saturated rings. The van der Waals surface area contributed by atoms with Gasteiger partial charge in [0.2, 0.25) is 5.91 Å². The Labute approximate surface area is 552 Å². The van der Waals surface area contributed by atoms with Crippen LogP contribution in [-0.2, 0) is 20.2 Å². The van der Waals surface area contributed by atoms with E-state index in [9.17, 15) is 25.0 Å². The van der Waals surface area contributed by atoms with E-state index in [2.05, 4.69) is 81.6 Å². The van der Waals surface area contributed by atoms with Crippen LogP contribution in [-0.4, -0.2) is 57.6 Å². The lowest BCUT2D eigenvalue weighted by Gasteiger charge is -2.10. The number of methoxy groups -OCH3 is 4. The number of aromatic nitrogens is 5. The first-order chi connectivity index (χ1) is 46.3. The fourth-order valence-electron chi connectivity index (χ4n) is 11.5. The molecule has 0 saturated heterocycles. The normalized spacial score (nSPS) is 10.7. The molecule has 17 heteroatoms. The van der Waals surface area contributed by atoms with Gasteiger partial charge in [-0.15, -0.1) is 11.3 Å². The van der Waals surface area contributed by atoms with Gasteiger partial charge in [-0.2, -0.15) is 15.8 Å². The molecule has 0 saturated carbocycles. The smallest absolute Gasteiger partial charge is 0.248 e. The number of fused-ring (bicyclic) bond motifs is 4. The zero-order chi connectivity index (χ0) is 66.7. The highest BCUT2D eigenvalue weighted by atomic mass is 32.1. The molecular weight excluding hydrogens is 1210 g/mol. The van der Waals surface area contributed by atoms with Crippen molar-refractivity contribution in [1.29, 1.82) is 15.8 Å². The molecule has 470 valence electrons. The number of nitriles is 3. The van der Waals surface area contributed by atoms with Crippen LogP contribution in [0.4, 0.5) is 4.39 Å². The molecule has 0 aliphatic heterocycles. The summed E-state index contributed by atoms with van der Waals surface area (Å²) in [5.74, 6) is 3.12. The van der Waals surface area contributed by atoms with E-state index in [1.165, 1.54) is 17.7 Å². The number of primary amides is 1. The molecule has 14 aromatic rings. The number of para-hydroxylation sites is 1. The van der Waals surface area contributed by atoms with Gasteiger partial charge in [0.1, 0.15) is 64.4 Å². The number of rotatable bonds is 14. The molecule has 95 heavy (non-hydrogen) atoms. The van der Waals surface area contributed by atoms with Crippen molar-refractivity contribution < 1.29 is 32.9 Å². The monoisotopic (exact) mass is 1270 g/mol. The van der Waals surface area contributed by atoms with Crippen LogP contribution in [0, 0.1) is 46.7 Å². The van der Waals surface area contributed by atoms with E-state index in [1.54, 1.807) is 62.7 Å². The lowest BCUT2D eigenvalue weighted by Crippen LogP contribution is -2.10. The van der Waals surface area contributed by atoms with Crippen molar-refractivity contribution in [2.75, 3.05) is 28.4 Å². The van der Waals surface area contributed by atoms with Crippen LogP contribution in [0.5, 0.6) is 28.7 Å². The van der Waals surface area contributed by atoms with Gasteiger partial charge in [0.15, 0.2) is 0 Å². The van der Waals surface area contributed by atoms with Gasteiger partial charge in [0.05, 0.1) is 84.3 Å². The Morgan fingerprint density at radius 1 is 0.558 bits per heavy atom. The van der Waals surface area contributed by atoms with E-state index in [-0.39, 0.29) is 5.82 Å². The molecule has 0 aliphatic rings. The van der Waals surface area contributed by atoms with Crippen molar-refractivity contribution in [3.05, 3.63) is 263 Å². The Hall–Kier alpha value is -12.4. The molecule has 1 amide bonds. The lowest BCUT2D eigenvalue weighted by molar-refractivity contribution is 0.100. The SMILES string of the molecule is CCn1c(COc2ccccc2)c(C#N)c2ccc(OC)cc21.COc1ccc(-n2cc(-c3nc(-c4ccccc4)cs3)c3ccc(C(N)=O)cc32)cc1.COc1ccc(-n2cc(C#N)c3ccc(F)cc32)cc1.COc1ccc2c(C#N)c(-c3cccc(C)c3)n(C)c2c1. The third-order valence-electron chi connectivity index (χ3n) is 16.2. The van der Waals surface area contributed by atoms with Crippen LogP contribution in [0.15, 0.2) is 224 Å². The quantitative estimate of drug-likeness (QED) is 0.109. The van der Waals surface area contributed by atoms with Gasteiger partial charge in [-0.05, 0) is 141 Å². The first-order valence-corrected chi connectivity index (χ1v) is 31.0. The largest absolute Gasteiger partial charge is 0.497 e. The van der Waals surface area contributed by atoms with Crippen LogP contribution in [0.3, 0.4) is 0 Å². The first kappa shape index (κ1) is 64.2. The number of thiazole rings is 1. The van der Waals surface area contributed by atoms with Crippen LogP contribution < -0.4 is 29.4 Å². The van der Waals surface area contributed by atoms with E-state index in [0.717, 1.165) is 124 Å². The number of hydrogen-bond donors (Lipinski definition) is 1. The van der Waals surface area contributed by atoms with E-state index in [4.69, 9.17) is 34.4 Å². The Bertz CT molecular complexity index is 5220. The van der Waals surface area contributed by atoms with E-state index in [1.807, 2.05) is 165 Å². The first-order valence-electron chi connectivity index (χ1n) is 30.2. The van der Waals surface area contributed by atoms with Gasteiger partial charge in [-0.25, -0.2) is 9.37 Å². The predicted octanol–water partition coefficient (Wildman–Crippen LogP) is 17.3. The minimum absolute atomic E-state index is 0.324. The van der Waals surface area contributed by atoms with Crippen LogP contribution >= 0.6 is 11.3 Å². The van der Waals surface area contributed by atoms with Gasteiger partial charge in [-0.3, -0.25) is 4.79 Å². The molecule has 0 aliphatic carbocycles. The Morgan fingerprint density at radius 2 is 1.12 bits per heavy atom. The lowest BCUT2D eigenvalue weighted by atomic mass is 10.0. The minimum atomic E-state index is -0.452. The molecule has 5 heterocycles. The number of amides is 1. The minimum Gasteiger partial charge on any atom is -0.497 e. The van der Waals surface area contributed by atoms with Gasteiger partial charge >= 0.3 is 0 Å². The molecule has 0 atom stereocenters. The summed E-state index contributed by atoms with van der Waals surface area (Å²) in [5, 5.41) is 35.0. The summed E-state index contributed by atoms with van der Waals surface area (Å²) >= 11 is 1.60. The molecule has 9 aromatic carbocycles. The second-order valence-electron chi connectivity index (χ2n) is 21.8. The summed E-state index contributed by atoms with van der Waals surface area (Å²) < 4.78 is 48.3. The summed E-state index contributed by atoms with van der Waals surface area (Å²) in [7, 11) is 8.52. The Balaban J connectivity index is 0.000000131. The Morgan fingerprint density at radius 3 is 1.71 bits per heavy atom. The number of benzene rings is 9. The summed E-state index contributed by atoms with van der Waals surface area (Å²) in [4.78, 5) is 16.7. The zero-order valence-electron chi connectivity index (χ0n) is 53.2. The van der Waals surface area contributed by atoms with E-state index in [0.29, 0.717) is 34.4 Å². The number of nitrogens with two attached hydrogens (primary N) is 1. The summed E-state index contributed by atoms with van der Waals surface area (Å²) in [5.41, 5.74) is 20.4. The average molecular weight is 1270 g/mol. The Kier molecular flexibility index (Phi) is 19.5. The van der Waals surface area contributed by atoms with Gasteiger partial charge in [0, 0.05) is 93.1 Å². The van der Waals surface area contributed by atoms with E-state index >= 15 is 0 Å². The fourth-order valence-corrected chi connectivity index (χ4v) is 12.3. The predicted molar refractivity (Wildman–Crippen MR) is 373 cm³/mol. The third-order valence-corrected chi connectivity index (χ3v) is 17.1. The molecule has 0 unspecified atom stereocenters. The molecule has 0 bridgehead atoms. The number of nitrogens with zero attached hydrogens (tertiary/aromatic N) is 8. The van der Waals surface area contributed by atoms with E-state index < -0.39 is 5.91 Å². The van der Waals surface area contributed by atoms with Crippen molar-refractivity contribution >= 4 is 60.9 Å². The highest BCUT2D eigenvalue weighted by molar-refractivity contribution is 7.13. The number of carbonyl (C=O) groups is 1. The molecule has 14 rings (SSSR count). The molecule has 5 aromatic heterocycles. The highest BCUT2D eigenvalue weighted by Crippen LogP contribution is 2.39. The van der Waals surface area contributed by atoms with Gasteiger partial charge in [-0.1, -0.05) is 78.4 Å². The van der Waals surface area contributed by atoms with Crippen LogP contribution in [0.2, 0.25) is 0 Å². The molecule has 0 radical (unpaired) electrons. The zero-order valence-corrected chi connectivity index (χ0v) is 54.0. The van der Waals surface area contributed by atoms with Crippen LogP contribution in [0.25, 0.3) is 88.1 Å². The topological polar surface area (TPSA) is 193 Å². The van der Waals surface area contributed by atoms with Crippen molar-refractivity contribution in [3.63, 3.8) is 0 Å². The van der Waals surface area contributed by atoms with Crippen LogP contribution in [0.1, 0.15) is 45.2 Å². The maximum Gasteiger partial charge on any atom is 0.248 e. The fraction of sp³-hybridized carbons (Fsp3) is 0.115. The van der Waals surface area contributed by atoms with Crippen molar-refractivity contribution in [2.24, 2.45) is 12.8 Å². The van der Waals surface area contributed by atoms with Crippen molar-refractivity contribution in [1.82, 2.24) is 23.3 Å². The van der Waals surface area contributed by atoms with Gasteiger partial charge < -0.3 is 47.7 Å². The van der Waals surface area contributed by atoms with Crippen molar-refractivity contribution in [2.45, 2.75) is 27.0 Å². The summed E-state index contributed by atoms with van der Waals surface area (Å²) in [6.07, 6.45) is 3.77. The summed E-state index contributed by atoms with van der Waals surface area (Å²) in [6.45, 7) is 5.24. The number of hydrogen-bond acceptors (Lipinski definition) is 11. The second-order valence-corrected chi connectivity index (χ2v) is 22.7. The standard InChI is InChI=1S/C25H19N3O2S.C19H18N2O2.C18H16N2O.C16H11FN2O/c1-30-19-10-8-18(9-11-19)28-14-21(20-12-7-17(24(26)29)13-23(20)28)25-27-22(15-31-25)16-5-3-2-4-6-16;1-3-21-18-11-15(22-2)9-10-16(18)17(12-20)19(21)13-23-14-7-5-4-6-8-14;1-12-5-4-6-13(9-12)18-16(11-19)15-8-7-14(21-3)10-17(15)20(18)2;1-20-14-5-3-13(4-6-14)19-10-11(9-18)15-7-2-12(17)8-16(15)19/h2-15H,1H3,(H2,26,29);4-11H,3,13H2,1-2H3;4-10H,1-3H3;2-8,10H,1H3. The number of ether oxygens (including phenoxy) is 5. The second kappa shape index (κ2) is 28.9. The summed E-state index contributed by atoms with van der Waals surface area (Å²) in [6, 6.07) is 71.5.